The molecule has 1 saturated heterocycles. The van der Waals surface area contributed by atoms with Crippen LogP contribution in [0, 0.1) is 11.8 Å². The van der Waals surface area contributed by atoms with E-state index in [0.717, 1.165) is 13.0 Å². The first-order valence-electron chi connectivity index (χ1n) is 11.0. The van der Waals surface area contributed by atoms with Gasteiger partial charge in [-0.3, -0.25) is 19.2 Å². The molecule has 4 atom stereocenters. The number of nitrogens with one attached hydrogen (secondary N) is 4. The zero-order chi connectivity index (χ0) is 24.4. The van der Waals surface area contributed by atoms with E-state index >= 15 is 0 Å². The summed E-state index contributed by atoms with van der Waals surface area (Å²) in [4.78, 5) is 60.6. The van der Waals surface area contributed by atoms with Gasteiger partial charge in [0.15, 0.2) is 0 Å². The molecule has 0 aromatic rings. The Labute approximate surface area is 188 Å². The van der Waals surface area contributed by atoms with Crippen LogP contribution in [0.4, 0.5) is 0 Å². The molecule has 0 spiro atoms. The maximum absolute atomic E-state index is 13.0. The number of carboxylic acids is 2. The van der Waals surface area contributed by atoms with Crippen molar-refractivity contribution in [3.8, 4) is 0 Å². The second-order valence-electron chi connectivity index (χ2n) is 8.90. The van der Waals surface area contributed by atoms with Gasteiger partial charge in [0.1, 0.15) is 18.1 Å². The van der Waals surface area contributed by atoms with Crippen LogP contribution < -0.4 is 21.3 Å². The summed E-state index contributed by atoms with van der Waals surface area (Å²) in [5, 5.41) is 29.0. The first kappa shape index (κ1) is 27.3. The normalized spacial score (nSPS) is 18.6. The zero-order valence-electron chi connectivity index (χ0n) is 19.1. The van der Waals surface area contributed by atoms with Crippen LogP contribution in [0.3, 0.4) is 0 Å². The predicted octanol–water partition coefficient (Wildman–Crippen LogP) is -0.156. The number of hydrogen-bond donors (Lipinski definition) is 6. The highest BCUT2D eigenvalue weighted by Gasteiger charge is 2.32. The summed E-state index contributed by atoms with van der Waals surface area (Å²) in [7, 11) is 0. The molecular formula is C21H36N4O7. The Hall–Kier alpha value is -2.69. The van der Waals surface area contributed by atoms with Crippen molar-refractivity contribution in [3.63, 3.8) is 0 Å². The molecule has 6 N–H and O–H groups in total. The molecular weight excluding hydrogens is 420 g/mol. The quantitative estimate of drug-likeness (QED) is 0.222. The van der Waals surface area contributed by atoms with E-state index in [0.29, 0.717) is 12.8 Å². The minimum absolute atomic E-state index is 0.0613. The SMILES string of the molecule is CC(C)CC(NC(=O)C1CCCN1)C(=O)NC(CCC(=O)O)C(=O)NC(C(=O)O)C(C)C. The highest BCUT2D eigenvalue weighted by Crippen LogP contribution is 2.10. The smallest absolute Gasteiger partial charge is 0.326 e. The Bertz CT molecular complexity index is 690. The van der Waals surface area contributed by atoms with E-state index in [-0.39, 0.29) is 24.3 Å². The fraction of sp³-hybridized carbons (Fsp3) is 0.762. The third kappa shape index (κ3) is 9.21. The van der Waals surface area contributed by atoms with Crippen molar-refractivity contribution in [1.29, 1.82) is 0 Å². The molecule has 3 amide bonds. The van der Waals surface area contributed by atoms with Gasteiger partial charge in [-0.25, -0.2) is 4.79 Å². The third-order valence-electron chi connectivity index (χ3n) is 5.23. The summed E-state index contributed by atoms with van der Waals surface area (Å²) in [6.07, 6.45) is 1.23. The summed E-state index contributed by atoms with van der Waals surface area (Å²) in [5.41, 5.74) is 0. The number of carbonyl (C=O) groups is 5. The fourth-order valence-corrected chi connectivity index (χ4v) is 3.46. The largest absolute Gasteiger partial charge is 0.481 e. The van der Waals surface area contributed by atoms with Crippen molar-refractivity contribution >= 4 is 29.7 Å². The molecule has 0 aliphatic carbocycles. The van der Waals surface area contributed by atoms with E-state index in [4.69, 9.17) is 5.11 Å². The maximum atomic E-state index is 13.0. The van der Waals surface area contributed by atoms with Crippen molar-refractivity contribution < 1.29 is 34.2 Å². The Morgan fingerprint density at radius 2 is 1.56 bits per heavy atom. The first-order valence-corrected chi connectivity index (χ1v) is 11.0. The minimum atomic E-state index is -1.25. The topological polar surface area (TPSA) is 174 Å². The number of rotatable bonds is 13. The van der Waals surface area contributed by atoms with Crippen LogP contribution in [-0.2, 0) is 24.0 Å². The van der Waals surface area contributed by atoms with Gasteiger partial charge in [-0.05, 0) is 44.1 Å². The lowest BCUT2D eigenvalue weighted by Crippen LogP contribution is -2.57. The molecule has 4 unspecified atom stereocenters. The van der Waals surface area contributed by atoms with E-state index in [1.165, 1.54) is 0 Å². The number of amides is 3. The van der Waals surface area contributed by atoms with Crippen LogP contribution in [0.5, 0.6) is 0 Å². The number of carbonyl (C=O) groups excluding carboxylic acids is 3. The highest BCUT2D eigenvalue weighted by molar-refractivity contribution is 5.94. The number of aliphatic carboxylic acids is 2. The summed E-state index contributed by atoms with van der Waals surface area (Å²) < 4.78 is 0. The van der Waals surface area contributed by atoms with E-state index in [9.17, 15) is 29.1 Å². The molecule has 0 aromatic carbocycles. The molecule has 0 aromatic heterocycles. The average molecular weight is 457 g/mol. The zero-order valence-corrected chi connectivity index (χ0v) is 19.1. The van der Waals surface area contributed by atoms with Gasteiger partial charge in [-0.1, -0.05) is 27.7 Å². The molecule has 182 valence electrons. The monoisotopic (exact) mass is 456 g/mol. The van der Waals surface area contributed by atoms with Crippen LogP contribution in [0.2, 0.25) is 0 Å². The van der Waals surface area contributed by atoms with Crippen molar-refractivity contribution in [2.75, 3.05) is 6.54 Å². The maximum Gasteiger partial charge on any atom is 0.326 e. The molecule has 1 aliphatic heterocycles. The van der Waals surface area contributed by atoms with E-state index < -0.39 is 54.2 Å². The van der Waals surface area contributed by atoms with Gasteiger partial charge < -0.3 is 31.5 Å². The lowest BCUT2D eigenvalue weighted by Gasteiger charge is -2.26. The molecule has 1 heterocycles. The lowest BCUT2D eigenvalue weighted by atomic mass is 10.0. The van der Waals surface area contributed by atoms with Gasteiger partial charge in [0.25, 0.3) is 0 Å². The average Bonchev–Trinajstić information content (AvgIpc) is 3.22. The molecule has 11 heteroatoms. The summed E-state index contributed by atoms with van der Waals surface area (Å²) in [5.74, 6) is -4.45. The van der Waals surface area contributed by atoms with Crippen molar-refractivity contribution in [2.24, 2.45) is 11.8 Å². The Morgan fingerprint density at radius 3 is 2.03 bits per heavy atom. The standard InChI is InChI=1S/C21H36N4O7/c1-11(2)10-15(24-18(28)13-6-5-9-22-13)20(30)23-14(7-8-16(26)27)19(29)25-17(12(3)4)21(31)32/h11-15,17,22H,5-10H2,1-4H3,(H,23,30)(H,24,28)(H,25,29)(H,26,27)(H,31,32). The highest BCUT2D eigenvalue weighted by atomic mass is 16.4. The second kappa shape index (κ2) is 13.0. The third-order valence-corrected chi connectivity index (χ3v) is 5.23. The molecule has 0 radical (unpaired) electrons. The minimum Gasteiger partial charge on any atom is -0.481 e. The van der Waals surface area contributed by atoms with Crippen molar-refractivity contribution in [2.45, 2.75) is 84.0 Å². The lowest BCUT2D eigenvalue weighted by molar-refractivity contribution is -0.144. The summed E-state index contributed by atoms with van der Waals surface area (Å²) in [6.45, 7) is 7.73. The van der Waals surface area contributed by atoms with Gasteiger partial charge in [0.2, 0.25) is 17.7 Å². The Morgan fingerprint density at radius 1 is 0.938 bits per heavy atom. The Kier molecular flexibility index (Phi) is 11.1. The van der Waals surface area contributed by atoms with Gasteiger partial charge in [-0.15, -0.1) is 0 Å². The number of hydrogen-bond acceptors (Lipinski definition) is 6. The van der Waals surface area contributed by atoms with Gasteiger partial charge in [-0.2, -0.15) is 0 Å². The predicted molar refractivity (Wildman–Crippen MR) is 116 cm³/mol. The first-order chi connectivity index (χ1) is 14.9. The molecule has 11 nitrogen and oxygen atoms in total. The van der Waals surface area contributed by atoms with Gasteiger partial charge in [0, 0.05) is 6.42 Å². The molecule has 1 rings (SSSR count). The molecule has 1 fully saturated rings. The van der Waals surface area contributed by atoms with Crippen molar-refractivity contribution in [1.82, 2.24) is 21.3 Å². The summed E-state index contributed by atoms with van der Waals surface area (Å²) in [6, 6.07) is -3.74. The van der Waals surface area contributed by atoms with Crippen LogP contribution >= 0.6 is 0 Å². The van der Waals surface area contributed by atoms with Gasteiger partial charge in [0.05, 0.1) is 6.04 Å². The summed E-state index contributed by atoms with van der Waals surface area (Å²) >= 11 is 0. The van der Waals surface area contributed by atoms with Crippen LogP contribution in [0.25, 0.3) is 0 Å². The molecule has 32 heavy (non-hydrogen) atoms. The van der Waals surface area contributed by atoms with Crippen LogP contribution in [0.1, 0.15) is 59.8 Å². The van der Waals surface area contributed by atoms with Gasteiger partial charge >= 0.3 is 11.9 Å². The molecule has 0 saturated carbocycles. The Balaban J connectivity index is 2.94. The van der Waals surface area contributed by atoms with Crippen LogP contribution in [0.15, 0.2) is 0 Å². The second-order valence-corrected chi connectivity index (χ2v) is 8.90. The van der Waals surface area contributed by atoms with Crippen LogP contribution in [-0.4, -0.2) is 70.6 Å². The molecule has 1 aliphatic rings. The van der Waals surface area contributed by atoms with Crippen molar-refractivity contribution in [3.05, 3.63) is 0 Å². The van der Waals surface area contributed by atoms with E-state index in [2.05, 4.69) is 21.3 Å². The van der Waals surface area contributed by atoms with E-state index in [1.54, 1.807) is 13.8 Å². The molecule has 0 bridgehead atoms. The fourth-order valence-electron chi connectivity index (χ4n) is 3.46. The van der Waals surface area contributed by atoms with E-state index in [1.807, 2.05) is 13.8 Å². The number of carboxylic acid groups (broad SMARTS) is 2.